The number of nitrogens with one attached hydrogen (secondary N) is 2. The van der Waals surface area contributed by atoms with E-state index < -0.39 is 0 Å². The van der Waals surface area contributed by atoms with Gasteiger partial charge in [0.1, 0.15) is 5.75 Å². The van der Waals surface area contributed by atoms with Gasteiger partial charge in [0.15, 0.2) is 6.54 Å². The molecule has 0 spiro atoms. The van der Waals surface area contributed by atoms with Crippen molar-refractivity contribution in [3.8, 4) is 5.75 Å². The zero-order valence-corrected chi connectivity index (χ0v) is 17.2. The Kier molecular flexibility index (Phi) is 6.87. The molecule has 152 valence electrons. The number of nitrogens with zero attached hydrogens (tertiary/aromatic N) is 2. The van der Waals surface area contributed by atoms with Crippen LogP contribution in [-0.4, -0.2) is 73.1 Å². The predicted molar refractivity (Wildman–Crippen MR) is 107 cm³/mol. The summed E-state index contributed by atoms with van der Waals surface area (Å²) in [5.41, 5.74) is 1.01. The molecule has 3 rings (SSSR count). The molecule has 0 atom stereocenters. The number of amides is 2. The number of carbonyl (C=O) groups is 2. The van der Waals surface area contributed by atoms with Gasteiger partial charge in [-0.1, -0.05) is 12.1 Å². The number of phenolic OH excluding ortho intramolecular Hbond substituents is 1. The van der Waals surface area contributed by atoms with Crippen molar-refractivity contribution in [2.24, 2.45) is 0 Å². The largest absolute Gasteiger partial charge is 1.00 e. The van der Waals surface area contributed by atoms with Crippen LogP contribution in [0.25, 0.3) is 10.8 Å². The molecule has 0 radical (unpaired) electrons. The van der Waals surface area contributed by atoms with Gasteiger partial charge in [0.05, 0.1) is 25.8 Å². The predicted octanol–water partition coefficient (Wildman–Crippen LogP) is -1.16. The highest BCUT2D eigenvalue weighted by Gasteiger charge is 2.30. The average Bonchev–Trinajstić information content (AvgIpc) is 2.60. The first-order valence-corrected chi connectivity index (χ1v) is 9.12. The summed E-state index contributed by atoms with van der Waals surface area (Å²) in [7, 11) is 4.18. The lowest BCUT2D eigenvalue weighted by Crippen LogP contribution is -3.00. The van der Waals surface area contributed by atoms with E-state index in [-0.39, 0.29) is 30.0 Å². The third-order valence-electron chi connectivity index (χ3n) is 5.19. The molecule has 0 saturated carbocycles. The third-order valence-corrected chi connectivity index (χ3v) is 5.19. The van der Waals surface area contributed by atoms with Crippen molar-refractivity contribution >= 4 is 34.0 Å². The van der Waals surface area contributed by atoms with Gasteiger partial charge in [-0.2, -0.15) is 0 Å². The van der Waals surface area contributed by atoms with Gasteiger partial charge in [0.25, 0.3) is 5.91 Å². The van der Waals surface area contributed by atoms with Crippen LogP contribution in [0.15, 0.2) is 30.3 Å². The van der Waals surface area contributed by atoms with Crippen LogP contribution in [-0.2, 0) is 9.59 Å². The SMILES string of the molecule is CC(=O)Nc1cccc2c(O)c(NC(=O)C[N+]3(C)CCN(C)CC3)ccc12.[Cl-]. The van der Waals surface area contributed by atoms with Crippen molar-refractivity contribution in [3.63, 3.8) is 0 Å². The number of likely N-dealkylation sites (N-methyl/N-ethyl adjacent to an activating group) is 2. The van der Waals surface area contributed by atoms with Gasteiger partial charge in [-0.3, -0.25) is 14.5 Å². The van der Waals surface area contributed by atoms with E-state index in [4.69, 9.17) is 0 Å². The number of piperazine rings is 1. The van der Waals surface area contributed by atoms with Crippen LogP contribution in [0.4, 0.5) is 11.4 Å². The van der Waals surface area contributed by atoms with Gasteiger partial charge in [-0.05, 0) is 25.2 Å². The van der Waals surface area contributed by atoms with Gasteiger partial charge < -0.3 is 32.6 Å². The maximum atomic E-state index is 12.6. The summed E-state index contributed by atoms with van der Waals surface area (Å²) in [5.74, 6) is -0.285. The van der Waals surface area contributed by atoms with E-state index in [2.05, 4.69) is 29.6 Å². The Morgan fingerprint density at radius 2 is 1.75 bits per heavy atom. The molecular weight excluding hydrogens is 380 g/mol. The van der Waals surface area contributed by atoms with E-state index in [0.29, 0.717) is 27.8 Å². The van der Waals surface area contributed by atoms with E-state index in [1.54, 1.807) is 30.3 Å². The summed E-state index contributed by atoms with van der Waals surface area (Å²) in [5, 5.41) is 17.5. The second-order valence-electron chi connectivity index (χ2n) is 7.62. The highest BCUT2D eigenvalue weighted by molar-refractivity contribution is 6.06. The maximum Gasteiger partial charge on any atom is 0.279 e. The number of phenols is 1. The number of benzene rings is 2. The van der Waals surface area contributed by atoms with Crippen molar-refractivity contribution in [2.75, 3.05) is 57.5 Å². The average molecular weight is 407 g/mol. The Balaban J connectivity index is 0.00000280. The normalized spacial score (nSPS) is 16.2. The van der Waals surface area contributed by atoms with Crippen molar-refractivity contribution in [2.45, 2.75) is 6.92 Å². The van der Waals surface area contributed by atoms with Crippen molar-refractivity contribution < 1.29 is 31.6 Å². The molecule has 3 N–H and O–H groups in total. The molecule has 0 aromatic heterocycles. The second-order valence-corrected chi connectivity index (χ2v) is 7.62. The maximum absolute atomic E-state index is 12.6. The molecule has 0 bridgehead atoms. The first kappa shape index (κ1) is 21.9. The van der Waals surface area contributed by atoms with E-state index >= 15 is 0 Å². The number of hydrogen-bond acceptors (Lipinski definition) is 4. The molecule has 7 nitrogen and oxygen atoms in total. The fourth-order valence-electron chi connectivity index (χ4n) is 3.48. The number of quaternary nitrogens is 1. The minimum atomic E-state index is -0.177. The summed E-state index contributed by atoms with van der Waals surface area (Å²) in [6.07, 6.45) is 0. The standard InChI is InChI=1S/C20H26N4O3.ClH/c1-14(25)21-17-6-4-5-16-15(17)7-8-18(20(16)27)22-19(26)13-24(3)11-9-23(2)10-12-24;/h4-8H,9-13H2,1-3H3,(H2-,21,22,25,26,27);1H. The molecule has 2 amide bonds. The molecule has 8 heteroatoms. The number of hydrogen-bond donors (Lipinski definition) is 3. The zero-order valence-electron chi connectivity index (χ0n) is 16.5. The van der Waals surface area contributed by atoms with E-state index in [9.17, 15) is 14.7 Å². The van der Waals surface area contributed by atoms with Gasteiger partial charge in [-0.15, -0.1) is 0 Å². The molecule has 2 aromatic carbocycles. The van der Waals surface area contributed by atoms with Crippen LogP contribution in [0.3, 0.4) is 0 Å². The van der Waals surface area contributed by atoms with Gasteiger partial charge in [-0.25, -0.2) is 0 Å². The van der Waals surface area contributed by atoms with E-state index in [1.165, 1.54) is 6.92 Å². The minimum Gasteiger partial charge on any atom is -1.00 e. The summed E-state index contributed by atoms with van der Waals surface area (Å²) < 4.78 is 0.692. The van der Waals surface area contributed by atoms with Crippen molar-refractivity contribution in [3.05, 3.63) is 30.3 Å². The van der Waals surface area contributed by atoms with Crippen LogP contribution in [0.1, 0.15) is 6.92 Å². The Hall–Kier alpha value is -2.35. The van der Waals surface area contributed by atoms with Crippen molar-refractivity contribution in [1.29, 1.82) is 0 Å². The number of carbonyl (C=O) groups excluding carboxylic acids is 2. The summed E-state index contributed by atoms with van der Waals surface area (Å²) in [6, 6.07) is 8.77. The van der Waals surface area contributed by atoms with Gasteiger partial charge >= 0.3 is 0 Å². The summed E-state index contributed by atoms with van der Waals surface area (Å²) in [6.45, 7) is 5.60. The fourth-order valence-corrected chi connectivity index (χ4v) is 3.48. The fraction of sp³-hybridized carbons (Fsp3) is 0.400. The van der Waals surface area contributed by atoms with E-state index in [1.807, 2.05) is 0 Å². The van der Waals surface area contributed by atoms with Crippen LogP contribution < -0.4 is 23.0 Å². The number of anilines is 2. The number of fused-ring (bicyclic) bond motifs is 1. The molecular formula is C20H27ClN4O3. The Bertz CT molecular complexity index is 879. The molecule has 0 aliphatic carbocycles. The van der Waals surface area contributed by atoms with Crippen molar-refractivity contribution in [1.82, 2.24) is 4.90 Å². The number of aromatic hydroxyl groups is 1. The van der Waals surface area contributed by atoms with E-state index in [0.717, 1.165) is 31.6 Å². The molecule has 0 unspecified atom stereocenters. The lowest BCUT2D eigenvalue weighted by atomic mass is 10.1. The Morgan fingerprint density at radius 3 is 2.39 bits per heavy atom. The second kappa shape index (κ2) is 8.77. The monoisotopic (exact) mass is 406 g/mol. The molecule has 1 saturated heterocycles. The minimum absolute atomic E-state index is 0. The zero-order chi connectivity index (χ0) is 19.6. The highest BCUT2D eigenvalue weighted by atomic mass is 35.5. The van der Waals surface area contributed by atoms with Crippen LogP contribution in [0.2, 0.25) is 0 Å². The molecule has 1 heterocycles. The quantitative estimate of drug-likeness (QED) is 0.442. The molecule has 2 aromatic rings. The lowest BCUT2D eigenvalue weighted by molar-refractivity contribution is -0.905. The molecule has 1 aliphatic heterocycles. The highest BCUT2D eigenvalue weighted by Crippen LogP contribution is 2.36. The first-order chi connectivity index (χ1) is 12.8. The van der Waals surface area contributed by atoms with Crippen LogP contribution >= 0.6 is 0 Å². The number of rotatable bonds is 4. The Morgan fingerprint density at radius 1 is 1.07 bits per heavy atom. The molecule has 28 heavy (non-hydrogen) atoms. The number of halogens is 1. The lowest BCUT2D eigenvalue weighted by Gasteiger charge is -2.40. The first-order valence-electron chi connectivity index (χ1n) is 9.12. The summed E-state index contributed by atoms with van der Waals surface area (Å²) >= 11 is 0. The van der Waals surface area contributed by atoms with Gasteiger partial charge in [0.2, 0.25) is 5.91 Å². The Labute approximate surface area is 171 Å². The summed E-state index contributed by atoms with van der Waals surface area (Å²) in [4.78, 5) is 26.2. The third kappa shape index (κ3) is 4.92. The smallest absolute Gasteiger partial charge is 0.279 e. The molecule has 1 aliphatic rings. The van der Waals surface area contributed by atoms with Gasteiger partial charge in [0, 0.05) is 36.5 Å². The van der Waals surface area contributed by atoms with Crippen LogP contribution in [0.5, 0.6) is 5.75 Å². The molecule has 1 fully saturated rings. The van der Waals surface area contributed by atoms with Crippen LogP contribution in [0, 0.1) is 0 Å². The topological polar surface area (TPSA) is 81.7 Å².